The summed E-state index contributed by atoms with van der Waals surface area (Å²) in [7, 11) is 0. The van der Waals surface area contributed by atoms with Gasteiger partial charge in [-0.25, -0.2) is 15.0 Å². The van der Waals surface area contributed by atoms with Crippen LogP contribution in [0.3, 0.4) is 0 Å². The predicted octanol–water partition coefficient (Wildman–Crippen LogP) is 14.4. The molecule has 0 saturated heterocycles. The summed E-state index contributed by atoms with van der Waals surface area (Å²) in [6.07, 6.45) is 0. The van der Waals surface area contributed by atoms with E-state index in [2.05, 4.69) is 168 Å². The molecule has 0 fully saturated rings. The van der Waals surface area contributed by atoms with E-state index >= 15 is 0 Å². The van der Waals surface area contributed by atoms with Gasteiger partial charge in [-0.05, 0) is 75.3 Å². The molecule has 9 aromatic carbocycles. The Balaban J connectivity index is 0.929. The van der Waals surface area contributed by atoms with E-state index < -0.39 is 0 Å². The molecule has 0 aliphatic carbocycles. The zero-order valence-corrected chi connectivity index (χ0v) is 32.2. The lowest BCUT2D eigenvalue weighted by Crippen LogP contribution is -2.00. The Morgan fingerprint density at radius 2 is 0.933 bits per heavy atom. The Bertz CT molecular complexity index is 3830. The number of nitrogens with zero attached hydrogens (tertiary/aromatic N) is 4. The third-order valence-corrected chi connectivity index (χ3v) is 12.2. The van der Waals surface area contributed by atoms with Gasteiger partial charge in [0, 0.05) is 43.8 Å². The zero-order chi connectivity index (χ0) is 39.3. The second-order valence-electron chi connectivity index (χ2n) is 15.6. The van der Waals surface area contributed by atoms with Gasteiger partial charge in [0.2, 0.25) is 0 Å². The van der Waals surface area contributed by atoms with Crippen LogP contribution in [-0.2, 0) is 0 Å². The van der Waals surface area contributed by atoms with E-state index in [1.54, 1.807) is 0 Å². The van der Waals surface area contributed by atoms with Crippen molar-refractivity contribution in [2.45, 2.75) is 0 Å². The minimum absolute atomic E-state index is 0.630. The molecule has 5 heteroatoms. The molecule has 5 nitrogen and oxygen atoms in total. The van der Waals surface area contributed by atoms with Gasteiger partial charge >= 0.3 is 0 Å². The van der Waals surface area contributed by atoms with Gasteiger partial charge in [0.25, 0.3) is 0 Å². The summed E-state index contributed by atoms with van der Waals surface area (Å²) in [6, 6.07) is 68.5. The zero-order valence-electron chi connectivity index (χ0n) is 32.2. The number of rotatable bonds is 5. The first kappa shape index (κ1) is 32.9. The molecule has 13 rings (SSSR count). The molecule has 0 spiro atoms. The third-order valence-electron chi connectivity index (χ3n) is 12.2. The fourth-order valence-electron chi connectivity index (χ4n) is 9.37. The fraction of sp³-hybridized carbons (Fsp3) is 0. The first-order valence-corrected chi connectivity index (χ1v) is 20.3. The van der Waals surface area contributed by atoms with Crippen molar-refractivity contribution in [2.24, 2.45) is 0 Å². The van der Waals surface area contributed by atoms with Crippen LogP contribution in [0.1, 0.15) is 0 Å². The van der Waals surface area contributed by atoms with Crippen molar-refractivity contribution in [3.63, 3.8) is 0 Å². The highest BCUT2D eigenvalue weighted by atomic mass is 16.3. The normalized spacial score (nSPS) is 12.0. The van der Waals surface area contributed by atoms with E-state index in [1.165, 1.54) is 43.5 Å². The molecule has 278 valence electrons. The van der Waals surface area contributed by atoms with E-state index in [9.17, 15) is 0 Å². The Morgan fingerprint density at radius 3 is 1.72 bits per heavy atom. The standard InChI is InChI=1S/C55H32N4O/c1-2-12-36(13-3-1)53-56-54(58-55(57-53)40-26-23-33-11-4-5-14-37(33)32-40)39-16-10-15-38(31-39)34-21-24-35(25-22-34)41-27-28-44-42-17-6-8-19-46(42)59-47-20-9-7-18-43(47)45-29-30-48-50(51(45)59)49(44)52(41)60-48/h1-32H. The van der Waals surface area contributed by atoms with Gasteiger partial charge in [-0.2, -0.15) is 0 Å². The summed E-state index contributed by atoms with van der Waals surface area (Å²) in [6.45, 7) is 0. The molecule has 0 amide bonds. The van der Waals surface area contributed by atoms with Crippen LogP contribution < -0.4 is 0 Å². The number of furan rings is 1. The van der Waals surface area contributed by atoms with Gasteiger partial charge in [-0.15, -0.1) is 0 Å². The molecular weight excluding hydrogens is 733 g/mol. The number of para-hydroxylation sites is 2. The van der Waals surface area contributed by atoms with Gasteiger partial charge < -0.3 is 8.82 Å². The highest BCUT2D eigenvalue weighted by molar-refractivity contribution is 6.32. The molecule has 0 N–H and O–H groups in total. The van der Waals surface area contributed by atoms with E-state index in [4.69, 9.17) is 19.4 Å². The maximum atomic E-state index is 6.88. The van der Waals surface area contributed by atoms with Crippen molar-refractivity contribution in [1.82, 2.24) is 19.4 Å². The quantitative estimate of drug-likeness (QED) is 0.175. The highest BCUT2D eigenvalue weighted by Crippen LogP contribution is 2.46. The average Bonchev–Trinajstić information content (AvgIpc) is 3.84. The molecule has 0 aliphatic rings. The average molecular weight is 765 g/mol. The van der Waals surface area contributed by atoms with Crippen LogP contribution in [-0.4, -0.2) is 19.4 Å². The maximum absolute atomic E-state index is 6.88. The number of benzene rings is 9. The van der Waals surface area contributed by atoms with Crippen molar-refractivity contribution < 1.29 is 4.42 Å². The number of fused-ring (bicyclic) bond motifs is 7. The van der Waals surface area contributed by atoms with Crippen molar-refractivity contribution in [3.05, 3.63) is 194 Å². The first-order chi connectivity index (χ1) is 29.7. The molecule has 60 heavy (non-hydrogen) atoms. The van der Waals surface area contributed by atoms with Crippen molar-refractivity contribution in [1.29, 1.82) is 0 Å². The van der Waals surface area contributed by atoms with Crippen LogP contribution in [0.2, 0.25) is 0 Å². The van der Waals surface area contributed by atoms with E-state index in [0.717, 1.165) is 66.3 Å². The van der Waals surface area contributed by atoms with Gasteiger partial charge in [0.05, 0.1) is 21.9 Å². The van der Waals surface area contributed by atoms with E-state index in [1.807, 2.05) is 30.3 Å². The molecule has 0 aliphatic heterocycles. The molecule has 0 saturated carbocycles. The smallest absolute Gasteiger partial charge is 0.164 e. The molecular formula is C55H32N4O. The number of aromatic nitrogens is 4. The summed E-state index contributed by atoms with van der Waals surface area (Å²) in [5.41, 5.74) is 12.6. The Hall–Kier alpha value is -8.15. The highest BCUT2D eigenvalue weighted by Gasteiger charge is 2.23. The maximum Gasteiger partial charge on any atom is 0.164 e. The number of hydrogen-bond acceptors (Lipinski definition) is 4. The molecule has 4 heterocycles. The van der Waals surface area contributed by atoms with Crippen LogP contribution in [0, 0.1) is 0 Å². The van der Waals surface area contributed by atoms with Gasteiger partial charge in [0.1, 0.15) is 11.2 Å². The van der Waals surface area contributed by atoms with Crippen LogP contribution in [0.4, 0.5) is 0 Å². The van der Waals surface area contributed by atoms with Crippen LogP contribution >= 0.6 is 0 Å². The lowest BCUT2D eigenvalue weighted by atomic mass is 9.96. The summed E-state index contributed by atoms with van der Waals surface area (Å²) >= 11 is 0. The summed E-state index contributed by atoms with van der Waals surface area (Å²) in [5.74, 6) is 1.91. The summed E-state index contributed by atoms with van der Waals surface area (Å²) in [5, 5.41) is 9.52. The molecule has 4 aromatic heterocycles. The van der Waals surface area contributed by atoms with Gasteiger partial charge in [-0.1, -0.05) is 152 Å². The monoisotopic (exact) mass is 764 g/mol. The lowest BCUT2D eigenvalue weighted by Gasteiger charge is -2.11. The summed E-state index contributed by atoms with van der Waals surface area (Å²) < 4.78 is 9.31. The second-order valence-corrected chi connectivity index (χ2v) is 15.6. The Kier molecular flexibility index (Phi) is 6.95. The van der Waals surface area contributed by atoms with Crippen molar-refractivity contribution in [3.8, 4) is 56.4 Å². The molecule has 0 atom stereocenters. The van der Waals surface area contributed by atoms with Crippen LogP contribution in [0.25, 0.3) is 127 Å². The predicted molar refractivity (Wildman–Crippen MR) is 246 cm³/mol. The molecule has 0 bridgehead atoms. The second kappa shape index (κ2) is 12.7. The van der Waals surface area contributed by atoms with Crippen molar-refractivity contribution >= 4 is 70.8 Å². The Morgan fingerprint density at radius 1 is 0.350 bits per heavy atom. The molecule has 0 radical (unpaired) electrons. The minimum Gasteiger partial charge on any atom is -0.455 e. The minimum atomic E-state index is 0.630. The third kappa shape index (κ3) is 4.90. The van der Waals surface area contributed by atoms with Gasteiger partial charge in [-0.3, -0.25) is 0 Å². The number of hydrogen-bond donors (Lipinski definition) is 0. The van der Waals surface area contributed by atoms with Crippen molar-refractivity contribution in [2.75, 3.05) is 0 Å². The molecule has 13 aromatic rings. The summed E-state index contributed by atoms with van der Waals surface area (Å²) in [4.78, 5) is 15.1. The van der Waals surface area contributed by atoms with Crippen LogP contribution in [0.5, 0.6) is 0 Å². The Labute approximate surface area is 343 Å². The SMILES string of the molecule is c1ccc(-c2nc(-c3cccc(-c4ccc(-c5ccc6c7ccccc7n7c8ccccc8c8ccc9oc5c6c9c87)cc4)c3)nc(-c3ccc4ccccc4c3)n2)cc1. The lowest BCUT2D eigenvalue weighted by molar-refractivity contribution is 0.670. The van der Waals surface area contributed by atoms with E-state index in [0.29, 0.717) is 17.5 Å². The topological polar surface area (TPSA) is 56.2 Å². The fourth-order valence-corrected chi connectivity index (χ4v) is 9.37. The van der Waals surface area contributed by atoms with Gasteiger partial charge in [0.15, 0.2) is 17.5 Å². The molecule has 0 unspecified atom stereocenters. The van der Waals surface area contributed by atoms with Crippen LogP contribution in [0.15, 0.2) is 199 Å². The first-order valence-electron chi connectivity index (χ1n) is 20.3. The van der Waals surface area contributed by atoms with E-state index in [-0.39, 0.29) is 0 Å². The largest absolute Gasteiger partial charge is 0.455 e.